The number of hydrogen-bond donors (Lipinski definition) is 0. The summed E-state index contributed by atoms with van der Waals surface area (Å²) in [5.74, 6) is 2.10. The molecule has 0 saturated heterocycles. The Balaban J connectivity index is 1.06. The minimum Gasteiger partial charge on any atom is -0.485 e. The number of amidine groups is 2. The van der Waals surface area contributed by atoms with Crippen molar-refractivity contribution >= 4 is 56.3 Å². The summed E-state index contributed by atoms with van der Waals surface area (Å²) in [7, 11) is 0. The van der Waals surface area contributed by atoms with Crippen LogP contribution in [-0.4, -0.2) is 24.5 Å². The fourth-order valence-corrected chi connectivity index (χ4v) is 7.34. The molecule has 1 aliphatic heterocycles. The van der Waals surface area contributed by atoms with Crippen LogP contribution >= 0.6 is 0 Å². The summed E-state index contributed by atoms with van der Waals surface area (Å²) in [6.07, 6.45) is 6.70. The standard InChI is InChI=1S/C46H33N3O/c1-47-45(31-14-6-3-7-15-31)49-46(48-29-30-12-4-2-5-13-30)34-22-25-41-40-24-21-33(27-43(40)50-44(41)28-34)32-20-23-39-37-18-9-8-16-35(37)36-17-10-11-19-38(36)42(39)26-32/h2-28,40,43H,1,29H2. The quantitative estimate of drug-likeness (QED) is 0.105. The van der Waals surface area contributed by atoms with E-state index < -0.39 is 0 Å². The molecule has 50 heavy (non-hydrogen) atoms. The highest BCUT2D eigenvalue weighted by Crippen LogP contribution is 2.44. The topological polar surface area (TPSA) is 46.3 Å². The molecule has 9 rings (SSSR count). The average molecular weight is 644 g/mol. The van der Waals surface area contributed by atoms with Crippen LogP contribution in [0.1, 0.15) is 33.7 Å². The van der Waals surface area contributed by atoms with E-state index in [-0.39, 0.29) is 12.0 Å². The first kappa shape index (κ1) is 29.7. The summed E-state index contributed by atoms with van der Waals surface area (Å²) in [4.78, 5) is 14.2. The number of ether oxygens (including phenoxy) is 1. The fourth-order valence-electron chi connectivity index (χ4n) is 7.34. The van der Waals surface area contributed by atoms with Gasteiger partial charge in [-0.05, 0) is 73.9 Å². The van der Waals surface area contributed by atoms with Crippen LogP contribution < -0.4 is 4.74 Å². The maximum atomic E-state index is 6.68. The van der Waals surface area contributed by atoms with Crippen LogP contribution in [0.4, 0.5) is 0 Å². The zero-order valence-corrected chi connectivity index (χ0v) is 27.4. The van der Waals surface area contributed by atoms with Crippen molar-refractivity contribution in [1.29, 1.82) is 0 Å². The van der Waals surface area contributed by atoms with Crippen LogP contribution in [0.5, 0.6) is 5.75 Å². The van der Waals surface area contributed by atoms with E-state index in [1.165, 1.54) is 37.9 Å². The number of aliphatic imine (C=N–C) groups is 3. The Morgan fingerprint density at radius 1 is 0.600 bits per heavy atom. The summed E-state index contributed by atoms with van der Waals surface area (Å²) in [6, 6.07) is 50.7. The molecular formula is C46H33N3O. The van der Waals surface area contributed by atoms with Crippen LogP contribution in [0.3, 0.4) is 0 Å². The first-order valence-corrected chi connectivity index (χ1v) is 17.0. The molecule has 0 radical (unpaired) electrons. The molecule has 0 spiro atoms. The van der Waals surface area contributed by atoms with Gasteiger partial charge < -0.3 is 4.74 Å². The fraction of sp³-hybridized carbons (Fsp3) is 0.0652. The minimum absolute atomic E-state index is 0.104. The molecule has 7 aromatic rings. The van der Waals surface area contributed by atoms with Gasteiger partial charge in [0.2, 0.25) is 0 Å². The second-order valence-corrected chi connectivity index (χ2v) is 12.8. The molecule has 0 bridgehead atoms. The predicted octanol–water partition coefficient (Wildman–Crippen LogP) is 10.7. The van der Waals surface area contributed by atoms with Gasteiger partial charge in [-0.3, -0.25) is 4.99 Å². The summed E-state index contributed by atoms with van der Waals surface area (Å²) >= 11 is 0. The highest BCUT2D eigenvalue weighted by Gasteiger charge is 2.34. The van der Waals surface area contributed by atoms with E-state index in [0.717, 1.165) is 33.6 Å². The zero-order valence-electron chi connectivity index (χ0n) is 27.4. The van der Waals surface area contributed by atoms with Gasteiger partial charge in [0.25, 0.3) is 0 Å². The van der Waals surface area contributed by atoms with Crippen LogP contribution in [0.15, 0.2) is 179 Å². The molecule has 1 heterocycles. The zero-order chi connectivity index (χ0) is 33.4. The summed E-state index contributed by atoms with van der Waals surface area (Å²) in [5, 5.41) is 7.65. The molecule has 2 unspecified atom stereocenters. The smallest absolute Gasteiger partial charge is 0.161 e. The SMILES string of the molecule is C=NC(=NC(=NCc1ccccc1)c1ccc2c(c1)OC1C=C(c3ccc4c5ccccc5c5ccccc5c4c3)C=CC21)c1ccccc1. The van der Waals surface area contributed by atoms with Crippen LogP contribution in [0.2, 0.25) is 0 Å². The van der Waals surface area contributed by atoms with E-state index >= 15 is 0 Å². The van der Waals surface area contributed by atoms with Gasteiger partial charge in [-0.2, -0.15) is 0 Å². The molecule has 0 N–H and O–H groups in total. The molecule has 0 saturated carbocycles. The van der Waals surface area contributed by atoms with Crippen molar-refractivity contribution < 1.29 is 4.74 Å². The lowest BCUT2D eigenvalue weighted by Crippen LogP contribution is -2.17. The van der Waals surface area contributed by atoms with Crippen molar-refractivity contribution in [2.75, 3.05) is 0 Å². The van der Waals surface area contributed by atoms with Crippen molar-refractivity contribution in [3.05, 3.63) is 192 Å². The van der Waals surface area contributed by atoms with Gasteiger partial charge in [0.1, 0.15) is 11.9 Å². The van der Waals surface area contributed by atoms with E-state index in [4.69, 9.17) is 14.7 Å². The largest absolute Gasteiger partial charge is 0.485 e. The van der Waals surface area contributed by atoms with Gasteiger partial charge in [0, 0.05) is 22.6 Å². The lowest BCUT2D eigenvalue weighted by atomic mass is 9.86. The molecule has 2 aliphatic rings. The first-order valence-electron chi connectivity index (χ1n) is 17.0. The van der Waals surface area contributed by atoms with E-state index in [2.05, 4.69) is 127 Å². The lowest BCUT2D eigenvalue weighted by Gasteiger charge is -2.19. The van der Waals surface area contributed by atoms with Crippen molar-refractivity contribution in [3.63, 3.8) is 0 Å². The Morgan fingerprint density at radius 2 is 1.24 bits per heavy atom. The van der Waals surface area contributed by atoms with Gasteiger partial charge in [-0.25, -0.2) is 9.98 Å². The maximum Gasteiger partial charge on any atom is 0.161 e. The number of fused-ring (bicyclic) bond motifs is 9. The average Bonchev–Trinajstić information content (AvgIpc) is 3.56. The third kappa shape index (κ3) is 5.32. The highest BCUT2D eigenvalue weighted by molar-refractivity contribution is 6.25. The number of nitrogens with zero attached hydrogens (tertiary/aromatic N) is 3. The Morgan fingerprint density at radius 3 is 1.94 bits per heavy atom. The Hall–Kier alpha value is -6.39. The Bertz CT molecular complexity index is 2530. The molecule has 1 aliphatic carbocycles. The second-order valence-electron chi connectivity index (χ2n) is 12.8. The summed E-state index contributed by atoms with van der Waals surface area (Å²) < 4.78 is 6.68. The number of hydrogen-bond acceptors (Lipinski definition) is 2. The molecule has 4 heteroatoms. The number of rotatable bonds is 5. The molecule has 0 amide bonds. The van der Waals surface area contributed by atoms with Crippen LogP contribution in [-0.2, 0) is 6.54 Å². The minimum atomic E-state index is -0.104. The van der Waals surface area contributed by atoms with E-state index in [9.17, 15) is 0 Å². The maximum absolute atomic E-state index is 6.68. The predicted molar refractivity (Wildman–Crippen MR) is 209 cm³/mol. The second kappa shape index (κ2) is 12.6. The molecule has 0 aromatic heterocycles. The van der Waals surface area contributed by atoms with Gasteiger partial charge in [0.05, 0.1) is 6.54 Å². The van der Waals surface area contributed by atoms with Crippen molar-refractivity contribution in [3.8, 4) is 5.75 Å². The third-order valence-corrected chi connectivity index (χ3v) is 9.80. The van der Waals surface area contributed by atoms with Gasteiger partial charge in [-0.1, -0.05) is 146 Å². The van der Waals surface area contributed by atoms with Crippen LogP contribution in [0, 0.1) is 0 Å². The first-order chi connectivity index (χ1) is 24.7. The van der Waals surface area contributed by atoms with Gasteiger partial charge in [0.15, 0.2) is 11.7 Å². The molecule has 4 nitrogen and oxygen atoms in total. The summed E-state index contributed by atoms with van der Waals surface area (Å²) in [6.45, 7) is 4.31. The van der Waals surface area contributed by atoms with Crippen LogP contribution in [0.25, 0.3) is 37.9 Å². The molecule has 7 aromatic carbocycles. The Kier molecular flexibility index (Phi) is 7.47. The van der Waals surface area contributed by atoms with E-state index in [1.807, 2.05) is 48.5 Å². The number of allylic oxidation sites excluding steroid dienone is 2. The molecule has 0 fully saturated rings. The van der Waals surface area contributed by atoms with Gasteiger partial charge >= 0.3 is 0 Å². The van der Waals surface area contributed by atoms with Crippen molar-refractivity contribution in [2.45, 2.75) is 18.6 Å². The lowest BCUT2D eigenvalue weighted by molar-refractivity contribution is 0.269. The monoisotopic (exact) mass is 643 g/mol. The normalized spacial score (nSPS) is 17.0. The van der Waals surface area contributed by atoms with Gasteiger partial charge in [-0.15, -0.1) is 0 Å². The van der Waals surface area contributed by atoms with E-state index in [0.29, 0.717) is 18.2 Å². The van der Waals surface area contributed by atoms with E-state index in [1.54, 1.807) is 0 Å². The van der Waals surface area contributed by atoms with Crippen molar-refractivity contribution in [2.24, 2.45) is 15.0 Å². The Labute approximate surface area is 291 Å². The summed E-state index contributed by atoms with van der Waals surface area (Å²) in [5.41, 5.74) is 6.38. The number of benzene rings is 7. The molecule has 2 atom stereocenters. The third-order valence-electron chi connectivity index (χ3n) is 9.80. The highest BCUT2D eigenvalue weighted by atomic mass is 16.5. The molecular weight excluding hydrogens is 611 g/mol. The van der Waals surface area contributed by atoms with Crippen molar-refractivity contribution in [1.82, 2.24) is 0 Å². The molecule has 238 valence electrons.